The van der Waals surface area contributed by atoms with Gasteiger partial charge in [-0.2, -0.15) is 0 Å². The van der Waals surface area contributed by atoms with E-state index in [2.05, 4.69) is 12.2 Å². The predicted octanol–water partition coefficient (Wildman–Crippen LogP) is 3.61. The summed E-state index contributed by atoms with van der Waals surface area (Å²) in [5.74, 6) is 2.36. The minimum absolute atomic E-state index is 0.0577. The van der Waals surface area contributed by atoms with Gasteiger partial charge < -0.3 is 19.5 Å². The van der Waals surface area contributed by atoms with Crippen molar-refractivity contribution in [3.63, 3.8) is 0 Å². The van der Waals surface area contributed by atoms with E-state index in [-0.39, 0.29) is 12.0 Å². The Labute approximate surface area is 154 Å². The topological polar surface area (TPSA) is 56.8 Å². The molecule has 0 spiro atoms. The van der Waals surface area contributed by atoms with Crippen LogP contribution < -0.4 is 19.5 Å². The van der Waals surface area contributed by atoms with Gasteiger partial charge in [-0.1, -0.05) is 13.3 Å². The number of carbonyl (C=O) groups excluding carboxylic acids is 1. The first-order valence-corrected chi connectivity index (χ1v) is 9.04. The van der Waals surface area contributed by atoms with Crippen molar-refractivity contribution in [3.8, 4) is 17.2 Å². The van der Waals surface area contributed by atoms with Crippen LogP contribution in [0.4, 0.5) is 0 Å². The Morgan fingerprint density at radius 1 is 1.19 bits per heavy atom. The molecule has 26 heavy (non-hydrogen) atoms. The molecule has 1 atom stereocenters. The van der Waals surface area contributed by atoms with Gasteiger partial charge in [-0.15, -0.1) is 0 Å². The third-order valence-corrected chi connectivity index (χ3v) is 4.38. The molecule has 1 N–H and O–H groups in total. The zero-order chi connectivity index (χ0) is 18.4. The number of benzene rings is 2. The Hall–Kier alpha value is -2.69. The largest absolute Gasteiger partial charge is 0.497 e. The summed E-state index contributed by atoms with van der Waals surface area (Å²) in [4.78, 5) is 12.3. The lowest BCUT2D eigenvalue weighted by Crippen LogP contribution is -2.34. The molecule has 0 radical (unpaired) electrons. The quantitative estimate of drug-likeness (QED) is 0.735. The summed E-state index contributed by atoms with van der Waals surface area (Å²) in [5, 5.41) is 2.94. The van der Waals surface area contributed by atoms with Gasteiger partial charge in [0.15, 0.2) is 0 Å². The van der Waals surface area contributed by atoms with E-state index in [0.717, 1.165) is 42.1 Å². The van der Waals surface area contributed by atoms with Crippen molar-refractivity contribution >= 4 is 5.91 Å². The van der Waals surface area contributed by atoms with Crippen LogP contribution in [-0.4, -0.2) is 32.3 Å². The molecule has 0 fully saturated rings. The molecular formula is C21H25NO4. The number of fused-ring (bicyclic) bond motifs is 1. The molecule has 0 unspecified atom stereocenters. The fourth-order valence-corrected chi connectivity index (χ4v) is 2.88. The summed E-state index contributed by atoms with van der Waals surface area (Å²) in [7, 11) is 1.65. The van der Waals surface area contributed by atoms with Crippen molar-refractivity contribution in [2.45, 2.75) is 32.3 Å². The molecule has 2 aromatic rings. The number of ether oxygens (including phenoxy) is 3. The zero-order valence-corrected chi connectivity index (χ0v) is 15.3. The van der Waals surface area contributed by atoms with E-state index in [4.69, 9.17) is 14.2 Å². The highest BCUT2D eigenvalue weighted by Gasteiger charge is 2.23. The molecule has 2 aromatic carbocycles. The van der Waals surface area contributed by atoms with Gasteiger partial charge in [-0.05, 0) is 48.9 Å². The third-order valence-electron chi connectivity index (χ3n) is 4.38. The van der Waals surface area contributed by atoms with Gasteiger partial charge in [0.2, 0.25) is 0 Å². The van der Waals surface area contributed by atoms with Crippen molar-refractivity contribution in [2.24, 2.45) is 0 Å². The van der Waals surface area contributed by atoms with Crippen molar-refractivity contribution in [3.05, 3.63) is 53.6 Å². The van der Waals surface area contributed by atoms with Crippen LogP contribution in [0.15, 0.2) is 42.5 Å². The first-order valence-electron chi connectivity index (χ1n) is 9.04. The summed E-state index contributed by atoms with van der Waals surface area (Å²) in [6, 6.07) is 13.0. The maximum absolute atomic E-state index is 12.3. The summed E-state index contributed by atoms with van der Waals surface area (Å²) in [5.41, 5.74) is 1.72. The van der Waals surface area contributed by atoms with E-state index in [9.17, 15) is 4.79 Å². The van der Waals surface area contributed by atoms with Gasteiger partial charge in [0, 0.05) is 17.5 Å². The first kappa shape index (κ1) is 18.1. The fraction of sp³-hybridized carbons (Fsp3) is 0.381. The van der Waals surface area contributed by atoms with Crippen LogP contribution in [-0.2, 0) is 6.42 Å². The Morgan fingerprint density at radius 2 is 1.96 bits per heavy atom. The maximum Gasteiger partial charge on any atom is 0.251 e. The second-order valence-electron chi connectivity index (χ2n) is 6.35. The van der Waals surface area contributed by atoms with Crippen molar-refractivity contribution in [1.82, 2.24) is 5.32 Å². The summed E-state index contributed by atoms with van der Waals surface area (Å²) < 4.78 is 16.7. The molecule has 1 heterocycles. The third kappa shape index (κ3) is 4.48. The van der Waals surface area contributed by atoms with Crippen LogP contribution in [0.2, 0.25) is 0 Å². The van der Waals surface area contributed by atoms with Gasteiger partial charge in [-0.3, -0.25) is 4.79 Å². The molecule has 138 valence electrons. The molecule has 0 aromatic heterocycles. The number of amides is 1. The maximum atomic E-state index is 12.3. The van der Waals surface area contributed by atoms with Crippen molar-refractivity contribution in [1.29, 1.82) is 0 Å². The number of hydrogen-bond acceptors (Lipinski definition) is 4. The monoisotopic (exact) mass is 355 g/mol. The van der Waals surface area contributed by atoms with Crippen LogP contribution in [0.25, 0.3) is 0 Å². The van der Waals surface area contributed by atoms with Gasteiger partial charge in [0.25, 0.3) is 5.91 Å². The lowest BCUT2D eigenvalue weighted by atomic mass is 10.1. The predicted molar refractivity (Wildman–Crippen MR) is 100 cm³/mol. The summed E-state index contributed by atoms with van der Waals surface area (Å²) >= 11 is 0. The summed E-state index contributed by atoms with van der Waals surface area (Å²) in [6.45, 7) is 3.29. The standard InChI is InChI=1S/C21H25NO4/c1-3-4-11-25-17-7-5-15(6-8-17)21(23)22-14-19-13-16-12-18(24-2)9-10-20(16)26-19/h5-10,12,19H,3-4,11,13-14H2,1-2H3,(H,22,23)/t19-/m0/s1. The number of nitrogens with one attached hydrogen (secondary N) is 1. The van der Waals surface area contributed by atoms with E-state index >= 15 is 0 Å². The molecular weight excluding hydrogens is 330 g/mol. The normalized spacial score (nSPS) is 15.1. The molecule has 0 aliphatic carbocycles. The minimum atomic E-state index is -0.109. The Bertz CT molecular complexity index is 742. The van der Waals surface area contributed by atoms with E-state index in [1.807, 2.05) is 30.3 Å². The highest BCUT2D eigenvalue weighted by Crippen LogP contribution is 2.31. The molecule has 5 nitrogen and oxygen atoms in total. The lowest BCUT2D eigenvalue weighted by molar-refractivity contribution is 0.0933. The van der Waals surface area contributed by atoms with E-state index in [1.165, 1.54) is 0 Å². The molecule has 1 aliphatic heterocycles. The van der Waals surface area contributed by atoms with E-state index in [0.29, 0.717) is 18.7 Å². The average molecular weight is 355 g/mol. The SMILES string of the molecule is CCCCOc1ccc(C(=O)NC[C@@H]2Cc3cc(OC)ccc3O2)cc1. The second kappa shape index (κ2) is 8.61. The smallest absolute Gasteiger partial charge is 0.251 e. The molecule has 3 rings (SSSR count). The van der Waals surface area contributed by atoms with Crippen molar-refractivity contribution < 1.29 is 19.0 Å². The second-order valence-corrected chi connectivity index (χ2v) is 6.35. The molecule has 0 saturated carbocycles. The minimum Gasteiger partial charge on any atom is -0.497 e. The first-order chi connectivity index (χ1) is 12.7. The summed E-state index contributed by atoms with van der Waals surface area (Å²) in [6.07, 6.45) is 2.83. The Morgan fingerprint density at radius 3 is 2.69 bits per heavy atom. The van der Waals surface area contributed by atoms with E-state index in [1.54, 1.807) is 19.2 Å². The Kier molecular flexibility index (Phi) is 6.00. The van der Waals surface area contributed by atoms with Gasteiger partial charge in [0.1, 0.15) is 23.4 Å². The van der Waals surface area contributed by atoms with Gasteiger partial charge in [0.05, 0.1) is 20.3 Å². The lowest BCUT2D eigenvalue weighted by Gasteiger charge is -2.12. The molecule has 1 aliphatic rings. The molecule has 5 heteroatoms. The fourth-order valence-electron chi connectivity index (χ4n) is 2.88. The van der Waals surface area contributed by atoms with Crippen LogP contribution in [0.5, 0.6) is 17.2 Å². The molecule has 0 bridgehead atoms. The molecule has 1 amide bonds. The molecule has 0 saturated heterocycles. The van der Waals surface area contributed by atoms with Crippen LogP contribution in [0.1, 0.15) is 35.7 Å². The van der Waals surface area contributed by atoms with Crippen LogP contribution >= 0.6 is 0 Å². The number of unbranched alkanes of at least 4 members (excludes halogenated alkanes) is 1. The van der Waals surface area contributed by atoms with Crippen LogP contribution in [0.3, 0.4) is 0 Å². The average Bonchev–Trinajstić information content (AvgIpc) is 3.08. The number of rotatable bonds is 8. The Balaban J connectivity index is 1.48. The number of carbonyl (C=O) groups is 1. The zero-order valence-electron chi connectivity index (χ0n) is 15.3. The van der Waals surface area contributed by atoms with E-state index < -0.39 is 0 Å². The van der Waals surface area contributed by atoms with Crippen molar-refractivity contribution in [2.75, 3.05) is 20.3 Å². The van der Waals surface area contributed by atoms with Crippen LogP contribution in [0, 0.1) is 0 Å². The number of hydrogen-bond donors (Lipinski definition) is 1. The highest BCUT2D eigenvalue weighted by atomic mass is 16.5. The highest BCUT2D eigenvalue weighted by molar-refractivity contribution is 5.94. The number of methoxy groups -OCH3 is 1. The van der Waals surface area contributed by atoms with Gasteiger partial charge >= 0.3 is 0 Å². The van der Waals surface area contributed by atoms with Gasteiger partial charge in [-0.25, -0.2) is 0 Å².